The summed E-state index contributed by atoms with van der Waals surface area (Å²) in [6.45, 7) is 4.68. The van der Waals surface area contributed by atoms with Gasteiger partial charge in [0.15, 0.2) is 5.84 Å². The molecule has 32 heavy (non-hydrogen) atoms. The van der Waals surface area contributed by atoms with Gasteiger partial charge in [0.1, 0.15) is 29.8 Å². The number of nitrogens with zero attached hydrogens (tertiary/aromatic N) is 3. The van der Waals surface area contributed by atoms with Gasteiger partial charge in [-0.3, -0.25) is 10.2 Å². The van der Waals surface area contributed by atoms with Gasteiger partial charge in [0, 0.05) is 5.02 Å². The molecule has 0 radical (unpaired) electrons. The minimum absolute atomic E-state index is 0.0332. The zero-order valence-electron chi connectivity index (χ0n) is 17.6. The van der Waals surface area contributed by atoms with Crippen LogP contribution in [-0.2, 0) is 4.79 Å². The highest BCUT2D eigenvalue weighted by molar-refractivity contribution is 8.26. The number of amides is 1. The summed E-state index contributed by atoms with van der Waals surface area (Å²) in [6, 6.07) is 12.8. The number of thioether (sulfide) groups is 1. The zero-order valence-corrected chi connectivity index (χ0v) is 19.2. The molecule has 9 heteroatoms. The topological polar surface area (TPSA) is 87.3 Å². The third-order valence-electron chi connectivity index (χ3n) is 4.74. The Bertz CT molecular complexity index is 1160. The second-order valence-electron chi connectivity index (χ2n) is 7.04. The largest absolute Gasteiger partial charge is 0.490 e. The molecular weight excluding hydrogens is 448 g/mol. The average Bonchev–Trinajstić information content (AvgIpc) is 3.21. The molecule has 7 nitrogen and oxygen atoms in total. The number of hydrazone groups is 1. The fourth-order valence-corrected chi connectivity index (χ4v) is 3.97. The van der Waals surface area contributed by atoms with E-state index < -0.39 is 5.91 Å². The summed E-state index contributed by atoms with van der Waals surface area (Å²) in [7, 11) is 0. The van der Waals surface area contributed by atoms with E-state index in [1.54, 1.807) is 12.1 Å². The van der Waals surface area contributed by atoms with Crippen LogP contribution in [0.15, 0.2) is 58.1 Å². The van der Waals surface area contributed by atoms with Crippen LogP contribution in [0.1, 0.15) is 24.5 Å². The number of aryl methyl sites for hydroxylation is 1. The molecular formula is C23H21ClN4O3S. The van der Waals surface area contributed by atoms with Crippen LogP contribution in [0.3, 0.4) is 0 Å². The number of hydrogen-bond donors (Lipinski definition) is 1. The Morgan fingerprint density at radius 3 is 2.50 bits per heavy atom. The quantitative estimate of drug-likeness (QED) is 0.449. The molecule has 2 aliphatic rings. The van der Waals surface area contributed by atoms with Gasteiger partial charge < -0.3 is 9.47 Å². The van der Waals surface area contributed by atoms with Crippen molar-refractivity contribution in [2.75, 3.05) is 13.2 Å². The summed E-state index contributed by atoms with van der Waals surface area (Å²) < 4.78 is 11.4. The van der Waals surface area contributed by atoms with E-state index in [9.17, 15) is 4.79 Å². The van der Waals surface area contributed by atoms with Crippen molar-refractivity contribution in [3.8, 4) is 11.5 Å². The van der Waals surface area contributed by atoms with Crippen molar-refractivity contribution in [1.29, 1.82) is 5.41 Å². The second-order valence-corrected chi connectivity index (χ2v) is 8.49. The Morgan fingerprint density at radius 1 is 1.12 bits per heavy atom. The van der Waals surface area contributed by atoms with Crippen LogP contribution < -0.4 is 9.47 Å². The first-order valence-electron chi connectivity index (χ1n) is 10.1. The van der Waals surface area contributed by atoms with Crippen molar-refractivity contribution in [2.45, 2.75) is 20.3 Å². The first-order chi connectivity index (χ1) is 15.4. The minimum atomic E-state index is -0.434. The fourth-order valence-electron chi connectivity index (χ4n) is 3.03. The molecule has 2 aromatic rings. The van der Waals surface area contributed by atoms with Gasteiger partial charge in [0.25, 0.3) is 5.91 Å². The molecule has 4 rings (SSSR count). The van der Waals surface area contributed by atoms with Gasteiger partial charge in [0.2, 0.25) is 5.17 Å². The van der Waals surface area contributed by atoms with Gasteiger partial charge in [-0.1, -0.05) is 30.7 Å². The number of carbonyl (C=O) groups excluding carboxylic acids is 1. The number of ether oxygens (including phenoxy) is 2. The monoisotopic (exact) mass is 468 g/mol. The van der Waals surface area contributed by atoms with Gasteiger partial charge in [-0.05, 0) is 72.6 Å². The molecule has 2 aromatic carbocycles. The van der Waals surface area contributed by atoms with Crippen LogP contribution in [0, 0.1) is 12.3 Å². The minimum Gasteiger partial charge on any atom is -0.490 e. The summed E-state index contributed by atoms with van der Waals surface area (Å²) in [4.78, 5) is 16.5. The lowest BCUT2D eigenvalue weighted by Gasteiger charge is -2.20. The SMILES string of the molecule is CCC1=NN2C(=N)C(=Cc3ccc(OCCOc4ccc(Cl)c(C)c4)cc3)C(=O)N=C2S1. The molecule has 1 amide bonds. The number of benzene rings is 2. The van der Waals surface area contributed by atoms with Crippen LogP contribution in [0.2, 0.25) is 5.02 Å². The highest BCUT2D eigenvalue weighted by Gasteiger charge is 2.34. The van der Waals surface area contributed by atoms with Gasteiger partial charge in [0.05, 0.1) is 5.57 Å². The Kier molecular flexibility index (Phi) is 6.62. The van der Waals surface area contributed by atoms with Crippen molar-refractivity contribution < 1.29 is 14.3 Å². The molecule has 0 saturated carbocycles. The van der Waals surface area contributed by atoms with E-state index in [0.717, 1.165) is 28.3 Å². The Balaban J connectivity index is 1.35. The summed E-state index contributed by atoms with van der Waals surface area (Å²) in [6.07, 6.45) is 2.37. The first kappa shape index (κ1) is 22.1. The lowest BCUT2D eigenvalue weighted by molar-refractivity contribution is -0.114. The lowest BCUT2D eigenvalue weighted by Crippen LogP contribution is -2.35. The fraction of sp³-hybridized carbons (Fsp3) is 0.217. The van der Waals surface area contributed by atoms with Crippen molar-refractivity contribution in [3.05, 3.63) is 64.2 Å². The lowest BCUT2D eigenvalue weighted by atomic mass is 10.1. The maximum absolute atomic E-state index is 12.4. The van der Waals surface area contributed by atoms with Crippen LogP contribution in [0.25, 0.3) is 6.08 Å². The van der Waals surface area contributed by atoms with Gasteiger partial charge in [-0.25, -0.2) is 0 Å². The molecule has 0 fully saturated rings. The van der Waals surface area contributed by atoms with Crippen LogP contribution in [0.4, 0.5) is 0 Å². The highest BCUT2D eigenvalue weighted by Crippen LogP contribution is 2.29. The molecule has 0 spiro atoms. The van der Waals surface area contributed by atoms with E-state index in [1.165, 1.54) is 16.8 Å². The van der Waals surface area contributed by atoms with Crippen molar-refractivity contribution in [2.24, 2.45) is 10.1 Å². The zero-order chi connectivity index (χ0) is 22.7. The molecule has 0 bridgehead atoms. The van der Waals surface area contributed by atoms with E-state index in [0.29, 0.717) is 29.2 Å². The number of carbonyl (C=O) groups is 1. The van der Waals surface area contributed by atoms with Gasteiger partial charge in [-0.2, -0.15) is 15.1 Å². The average molecular weight is 469 g/mol. The Morgan fingerprint density at radius 2 is 1.81 bits per heavy atom. The molecule has 0 saturated heterocycles. The first-order valence-corrected chi connectivity index (χ1v) is 11.2. The maximum atomic E-state index is 12.4. The molecule has 0 aromatic heterocycles. The summed E-state index contributed by atoms with van der Waals surface area (Å²) in [5.41, 5.74) is 1.93. The smallest absolute Gasteiger partial charge is 0.283 e. The number of halogens is 1. The number of aliphatic imine (C=N–C) groups is 1. The highest BCUT2D eigenvalue weighted by atomic mass is 35.5. The molecule has 0 unspecified atom stereocenters. The number of nitrogens with one attached hydrogen (secondary N) is 1. The number of fused-ring (bicyclic) bond motifs is 1. The third kappa shape index (κ3) is 4.87. The van der Waals surface area contributed by atoms with E-state index in [2.05, 4.69) is 10.1 Å². The van der Waals surface area contributed by atoms with Crippen LogP contribution in [0.5, 0.6) is 11.5 Å². The molecule has 164 valence electrons. The standard InChI is InChI=1S/C23H21ClN4O3S/c1-3-20-27-28-21(25)18(22(29)26-23(28)32-20)13-15-4-6-16(7-5-15)30-10-11-31-17-8-9-19(24)14(2)12-17/h4-9,12-13,25H,3,10-11H2,1-2H3. The molecule has 0 aliphatic carbocycles. The summed E-state index contributed by atoms with van der Waals surface area (Å²) in [5.74, 6) is 1.03. The Hall–Kier alpha value is -3.10. The molecule has 0 atom stereocenters. The van der Waals surface area contributed by atoms with E-state index >= 15 is 0 Å². The van der Waals surface area contributed by atoms with Crippen molar-refractivity contribution in [1.82, 2.24) is 5.01 Å². The molecule has 2 aliphatic heterocycles. The third-order valence-corrected chi connectivity index (χ3v) is 6.22. The maximum Gasteiger partial charge on any atom is 0.283 e. The van der Waals surface area contributed by atoms with Crippen LogP contribution in [-0.4, -0.2) is 40.2 Å². The van der Waals surface area contributed by atoms with Crippen LogP contribution >= 0.6 is 23.4 Å². The normalized spacial score (nSPS) is 16.7. The summed E-state index contributed by atoms with van der Waals surface area (Å²) in [5, 5.41) is 16.1. The van der Waals surface area contributed by atoms with E-state index in [4.69, 9.17) is 26.5 Å². The van der Waals surface area contributed by atoms with Crippen molar-refractivity contribution >= 4 is 51.4 Å². The molecule has 1 N–H and O–H groups in total. The number of rotatable bonds is 7. The molecule has 2 heterocycles. The number of amidine groups is 2. The van der Waals surface area contributed by atoms with E-state index in [-0.39, 0.29) is 11.4 Å². The predicted octanol–water partition coefficient (Wildman–Crippen LogP) is 5.14. The van der Waals surface area contributed by atoms with Gasteiger partial charge in [-0.15, -0.1) is 0 Å². The predicted molar refractivity (Wildman–Crippen MR) is 129 cm³/mol. The van der Waals surface area contributed by atoms with Crippen molar-refractivity contribution in [3.63, 3.8) is 0 Å². The summed E-state index contributed by atoms with van der Waals surface area (Å²) >= 11 is 7.34. The Labute approximate surface area is 195 Å². The number of hydrogen-bond acceptors (Lipinski definition) is 6. The second kappa shape index (κ2) is 9.58. The van der Waals surface area contributed by atoms with E-state index in [1.807, 2.05) is 50.2 Å². The van der Waals surface area contributed by atoms with Gasteiger partial charge >= 0.3 is 0 Å².